The van der Waals surface area contributed by atoms with Crippen LogP contribution in [-0.4, -0.2) is 5.11 Å². The third-order valence-corrected chi connectivity index (χ3v) is 7.16. The van der Waals surface area contributed by atoms with E-state index in [9.17, 15) is 5.11 Å². The summed E-state index contributed by atoms with van der Waals surface area (Å²) in [6.07, 6.45) is 19.5. The molecule has 2 fully saturated rings. The summed E-state index contributed by atoms with van der Waals surface area (Å²) in [4.78, 5) is 0. The zero-order valence-corrected chi connectivity index (χ0v) is 13.2. The van der Waals surface area contributed by atoms with Crippen molar-refractivity contribution >= 4 is 0 Å². The van der Waals surface area contributed by atoms with E-state index in [2.05, 4.69) is 44.2 Å². The topological polar surface area (TPSA) is 20.2 Å². The first-order valence-corrected chi connectivity index (χ1v) is 8.50. The van der Waals surface area contributed by atoms with Gasteiger partial charge in [-0.15, -0.1) is 0 Å². The van der Waals surface area contributed by atoms with Gasteiger partial charge < -0.3 is 5.11 Å². The van der Waals surface area contributed by atoms with E-state index < -0.39 is 0 Å². The summed E-state index contributed by atoms with van der Waals surface area (Å²) in [6, 6.07) is 0. The molecule has 0 aromatic carbocycles. The third-order valence-electron chi connectivity index (χ3n) is 7.16. The largest absolute Gasteiger partial charge is 0.516 e. The van der Waals surface area contributed by atoms with Crippen LogP contribution in [0, 0.1) is 28.6 Å². The van der Waals surface area contributed by atoms with Gasteiger partial charge >= 0.3 is 0 Å². The Bertz CT molecular complexity index is 579. The Labute approximate surface area is 128 Å². The zero-order chi connectivity index (χ0) is 14.7. The number of fused-ring (bicyclic) bond motifs is 5. The molecule has 4 aliphatic rings. The van der Waals surface area contributed by atoms with Crippen LogP contribution in [0.15, 0.2) is 47.8 Å². The minimum absolute atomic E-state index is 0.232. The van der Waals surface area contributed by atoms with E-state index in [4.69, 9.17) is 0 Å². The average molecular weight is 282 g/mol. The van der Waals surface area contributed by atoms with Crippen LogP contribution in [0.25, 0.3) is 0 Å². The van der Waals surface area contributed by atoms with Crippen molar-refractivity contribution in [3.8, 4) is 0 Å². The van der Waals surface area contributed by atoms with E-state index in [1.54, 1.807) is 0 Å². The Kier molecular flexibility index (Phi) is 2.80. The van der Waals surface area contributed by atoms with Gasteiger partial charge in [0, 0.05) is 5.41 Å². The quantitative estimate of drug-likeness (QED) is 0.470. The summed E-state index contributed by atoms with van der Waals surface area (Å²) in [5.74, 6) is 2.12. The van der Waals surface area contributed by atoms with Crippen molar-refractivity contribution in [3.05, 3.63) is 47.8 Å². The molecule has 0 heterocycles. The summed E-state index contributed by atoms with van der Waals surface area (Å²) < 4.78 is 0. The molecule has 1 heteroatoms. The Balaban J connectivity index is 1.76. The molecule has 0 bridgehead atoms. The molecule has 4 aliphatic carbocycles. The number of hydrogen-bond donors (Lipinski definition) is 1. The molecule has 0 radical (unpaired) electrons. The molecule has 0 saturated heterocycles. The SMILES string of the molecule is C[C@]12C=CCC=C1C=C[C@@H]1[C@@H]2CC[C@]2(C)/C(=C\O)CC[C@@H]12. The smallest absolute Gasteiger partial charge is 0.0789 e. The first-order valence-electron chi connectivity index (χ1n) is 8.50. The minimum Gasteiger partial charge on any atom is -0.516 e. The second-order valence-corrected chi connectivity index (χ2v) is 7.88. The number of aliphatic hydroxyl groups is 1. The highest BCUT2D eigenvalue weighted by molar-refractivity contribution is 5.41. The lowest BCUT2D eigenvalue weighted by molar-refractivity contribution is 0.0418. The molecule has 0 aliphatic heterocycles. The molecule has 4 rings (SSSR count). The fraction of sp³-hybridized carbons (Fsp3) is 0.600. The fourth-order valence-corrected chi connectivity index (χ4v) is 5.85. The van der Waals surface area contributed by atoms with Gasteiger partial charge in [-0.1, -0.05) is 44.2 Å². The van der Waals surface area contributed by atoms with Gasteiger partial charge in [-0.3, -0.25) is 0 Å². The summed E-state index contributed by atoms with van der Waals surface area (Å²) in [5, 5.41) is 9.60. The Morgan fingerprint density at radius 1 is 1.24 bits per heavy atom. The molecule has 112 valence electrons. The fourth-order valence-electron chi connectivity index (χ4n) is 5.85. The molecular formula is C20H26O. The van der Waals surface area contributed by atoms with Crippen LogP contribution < -0.4 is 0 Å². The first kappa shape index (κ1) is 13.4. The van der Waals surface area contributed by atoms with Gasteiger partial charge in [0.05, 0.1) is 6.26 Å². The van der Waals surface area contributed by atoms with Crippen LogP contribution in [0.5, 0.6) is 0 Å². The summed E-state index contributed by atoms with van der Waals surface area (Å²) in [7, 11) is 0. The highest BCUT2D eigenvalue weighted by atomic mass is 16.2. The van der Waals surface area contributed by atoms with E-state index in [-0.39, 0.29) is 10.8 Å². The molecule has 0 unspecified atom stereocenters. The molecule has 21 heavy (non-hydrogen) atoms. The molecule has 0 amide bonds. The van der Waals surface area contributed by atoms with Gasteiger partial charge in [-0.2, -0.15) is 0 Å². The first-order chi connectivity index (χ1) is 10.1. The summed E-state index contributed by atoms with van der Waals surface area (Å²) in [6.45, 7) is 4.83. The van der Waals surface area contributed by atoms with Crippen LogP contribution in [0.1, 0.15) is 46.0 Å². The normalized spacial score (nSPS) is 49.5. The lowest BCUT2D eigenvalue weighted by Gasteiger charge is -2.54. The molecular weight excluding hydrogens is 256 g/mol. The number of rotatable bonds is 0. The van der Waals surface area contributed by atoms with Crippen LogP contribution in [-0.2, 0) is 0 Å². The molecule has 1 nitrogen and oxygen atoms in total. The van der Waals surface area contributed by atoms with E-state index >= 15 is 0 Å². The summed E-state index contributed by atoms with van der Waals surface area (Å²) in [5.41, 5.74) is 3.30. The van der Waals surface area contributed by atoms with Gasteiger partial charge in [-0.05, 0) is 66.4 Å². The minimum atomic E-state index is 0.232. The van der Waals surface area contributed by atoms with E-state index in [1.807, 2.05) is 0 Å². The Morgan fingerprint density at radius 2 is 2.10 bits per heavy atom. The molecule has 1 N–H and O–H groups in total. The number of aliphatic hydroxyl groups excluding tert-OH is 1. The van der Waals surface area contributed by atoms with Crippen LogP contribution >= 0.6 is 0 Å². The molecule has 0 aromatic rings. The zero-order valence-electron chi connectivity index (χ0n) is 13.2. The van der Waals surface area contributed by atoms with Gasteiger partial charge in [0.1, 0.15) is 0 Å². The van der Waals surface area contributed by atoms with Crippen LogP contribution in [0.3, 0.4) is 0 Å². The lowest BCUT2D eigenvalue weighted by atomic mass is 9.50. The van der Waals surface area contributed by atoms with Gasteiger partial charge in [0.25, 0.3) is 0 Å². The Hall–Kier alpha value is -1.24. The van der Waals surface area contributed by atoms with Crippen molar-refractivity contribution in [2.45, 2.75) is 46.0 Å². The predicted molar refractivity (Wildman–Crippen MR) is 86.8 cm³/mol. The third kappa shape index (κ3) is 1.64. The van der Waals surface area contributed by atoms with Crippen molar-refractivity contribution in [2.24, 2.45) is 28.6 Å². The van der Waals surface area contributed by atoms with Crippen molar-refractivity contribution in [1.82, 2.24) is 0 Å². The standard InChI is InChI=1S/C20H26O/c1-19-11-4-3-5-14(19)6-8-16-17-9-7-15(13-21)20(17,2)12-10-18(16)19/h4-6,8,11,13,16-18,21H,3,7,9-10,12H2,1-2H3/b15-13-/t16-,17-,18-,19-,20+/m0/s1. The number of hydrogen-bond acceptors (Lipinski definition) is 1. The van der Waals surface area contributed by atoms with Crippen molar-refractivity contribution in [3.63, 3.8) is 0 Å². The van der Waals surface area contributed by atoms with E-state index in [1.165, 1.54) is 36.7 Å². The van der Waals surface area contributed by atoms with Gasteiger partial charge in [-0.25, -0.2) is 0 Å². The lowest BCUT2D eigenvalue weighted by Crippen LogP contribution is -2.46. The van der Waals surface area contributed by atoms with Crippen LogP contribution in [0.2, 0.25) is 0 Å². The van der Waals surface area contributed by atoms with E-state index in [0.29, 0.717) is 11.8 Å². The van der Waals surface area contributed by atoms with E-state index in [0.717, 1.165) is 18.8 Å². The maximum absolute atomic E-state index is 9.60. The molecule has 5 atom stereocenters. The maximum atomic E-state index is 9.60. The van der Waals surface area contributed by atoms with Gasteiger partial charge in [0.2, 0.25) is 0 Å². The second-order valence-electron chi connectivity index (χ2n) is 7.88. The maximum Gasteiger partial charge on any atom is 0.0789 e. The van der Waals surface area contributed by atoms with Crippen molar-refractivity contribution < 1.29 is 5.11 Å². The Morgan fingerprint density at radius 3 is 2.90 bits per heavy atom. The second kappa shape index (κ2) is 4.38. The van der Waals surface area contributed by atoms with Crippen molar-refractivity contribution in [2.75, 3.05) is 0 Å². The highest BCUT2D eigenvalue weighted by Gasteiger charge is 2.55. The monoisotopic (exact) mass is 282 g/mol. The predicted octanol–water partition coefficient (Wildman–Crippen LogP) is 5.33. The molecule has 0 spiro atoms. The molecule has 0 aromatic heterocycles. The summed E-state index contributed by atoms with van der Waals surface area (Å²) >= 11 is 0. The van der Waals surface area contributed by atoms with Gasteiger partial charge in [0.15, 0.2) is 0 Å². The van der Waals surface area contributed by atoms with Crippen molar-refractivity contribution in [1.29, 1.82) is 0 Å². The molecule has 2 saturated carbocycles. The van der Waals surface area contributed by atoms with Crippen LogP contribution in [0.4, 0.5) is 0 Å². The number of allylic oxidation sites excluding steroid dienone is 7. The highest BCUT2D eigenvalue weighted by Crippen LogP contribution is 2.64. The average Bonchev–Trinajstić information content (AvgIpc) is 2.83.